The molecule has 1 saturated heterocycles. The number of morpholine rings is 1. The van der Waals surface area contributed by atoms with Crippen LogP contribution < -0.4 is 5.32 Å². The summed E-state index contributed by atoms with van der Waals surface area (Å²) >= 11 is 11.3. The van der Waals surface area contributed by atoms with Gasteiger partial charge in [0.25, 0.3) is 0 Å². The largest absolute Gasteiger partial charge is 0.379 e. The summed E-state index contributed by atoms with van der Waals surface area (Å²) in [6.07, 6.45) is 4.69. The molecule has 2 aliphatic rings. The number of halogens is 2. The highest BCUT2D eigenvalue weighted by Gasteiger charge is 2.27. The summed E-state index contributed by atoms with van der Waals surface area (Å²) in [5, 5.41) is 4.86. The molecule has 0 radical (unpaired) electrons. The van der Waals surface area contributed by atoms with Crippen molar-refractivity contribution in [2.75, 3.05) is 31.6 Å². The summed E-state index contributed by atoms with van der Waals surface area (Å²) < 4.78 is 5.47. The Morgan fingerprint density at radius 2 is 1.92 bits per heavy atom. The summed E-state index contributed by atoms with van der Waals surface area (Å²) in [5.74, 6) is 0.769. The number of fused-ring (bicyclic) bond motifs is 1. The van der Waals surface area contributed by atoms with Gasteiger partial charge in [-0.05, 0) is 44.2 Å². The van der Waals surface area contributed by atoms with Gasteiger partial charge in [-0.3, -0.25) is 4.90 Å². The maximum atomic E-state index is 6.14. The number of nitrogens with one attached hydrogen (secondary N) is 1. The van der Waals surface area contributed by atoms with E-state index in [2.05, 4.69) is 43.0 Å². The van der Waals surface area contributed by atoms with Crippen LogP contribution in [0.4, 0.5) is 5.82 Å². The molecule has 0 spiro atoms. The molecule has 1 unspecified atom stereocenters. The lowest BCUT2D eigenvalue weighted by molar-refractivity contribution is 0.00791. The molecule has 1 N–H and O–H groups in total. The number of aromatic nitrogens is 3. The number of rotatable bonds is 4. The Hall–Kier alpha value is -0.540. The SMILES string of the molecule is CC(Br)c1nc2c(NC3CCC(N4CCOCC4)CC3)nc(Cl)nc2s1. The molecule has 0 aromatic carbocycles. The lowest BCUT2D eigenvalue weighted by atomic mass is 9.90. The molecule has 3 heterocycles. The van der Waals surface area contributed by atoms with Crippen molar-refractivity contribution in [3.05, 3.63) is 10.3 Å². The molecule has 2 aromatic heterocycles. The third-order valence-corrected chi connectivity index (χ3v) is 7.23. The zero-order valence-electron chi connectivity index (χ0n) is 14.8. The molecule has 0 bridgehead atoms. The van der Waals surface area contributed by atoms with Crippen molar-refractivity contribution in [1.82, 2.24) is 19.9 Å². The number of hydrogen-bond acceptors (Lipinski definition) is 7. The van der Waals surface area contributed by atoms with Gasteiger partial charge < -0.3 is 10.1 Å². The van der Waals surface area contributed by atoms with Crippen LogP contribution in [0.15, 0.2) is 0 Å². The van der Waals surface area contributed by atoms with Gasteiger partial charge in [-0.15, -0.1) is 0 Å². The predicted octanol–water partition coefficient (Wildman–Crippen LogP) is 4.25. The molecular weight excluding hydrogens is 438 g/mol. The van der Waals surface area contributed by atoms with Crippen LogP contribution in [0.2, 0.25) is 5.28 Å². The van der Waals surface area contributed by atoms with Gasteiger partial charge in [-0.1, -0.05) is 27.3 Å². The summed E-state index contributed by atoms with van der Waals surface area (Å²) in [6.45, 7) is 5.93. The second-order valence-corrected chi connectivity index (χ2v) is 9.68. The molecule has 142 valence electrons. The average molecular weight is 461 g/mol. The van der Waals surface area contributed by atoms with Gasteiger partial charge in [0.05, 0.1) is 18.0 Å². The van der Waals surface area contributed by atoms with Crippen LogP contribution in [0.3, 0.4) is 0 Å². The smallest absolute Gasteiger partial charge is 0.225 e. The second-order valence-electron chi connectivity index (χ2n) is 6.96. The first-order chi connectivity index (χ1) is 12.6. The normalized spacial score (nSPS) is 26.1. The maximum Gasteiger partial charge on any atom is 0.225 e. The van der Waals surface area contributed by atoms with Gasteiger partial charge in [0.15, 0.2) is 10.6 Å². The van der Waals surface area contributed by atoms with E-state index in [9.17, 15) is 0 Å². The minimum absolute atomic E-state index is 0.192. The Morgan fingerprint density at radius 3 is 2.62 bits per heavy atom. The molecule has 6 nitrogen and oxygen atoms in total. The summed E-state index contributed by atoms with van der Waals surface area (Å²) in [6, 6.07) is 1.10. The van der Waals surface area contributed by atoms with Crippen LogP contribution in [0.25, 0.3) is 10.3 Å². The first-order valence-electron chi connectivity index (χ1n) is 9.16. The van der Waals surface area contributed by atoms with Gasteiger partial charge in [-0.2, -0.15) is 4.98 Å². The molecule has 2 aromatic rings. The Morgan fingerprint density at radius 1 is 1.19 bits per heavy atom. The second kappa shape index (κ2) is 8.22. The van der Waals surface area contributed by atoms with E-state index in [0.717, 1.165) is 60.3 Å². The lowest BCUT2D eigenvalue weighted by Gasteiger charge is -2.39. The van der Waals surface area contributed by atoms with Gasteiger partial charge >= 0.3 is 0 Å². The average Bonchev–Trinajstić information content (AvgIpc) is 3.08. The third kappa shape index (κ3) is 4.14. The van der Waals surface area contributed by atoms with E-state index in [1.54, 1.807) is 11.3 Å². The van der Waals surface area contributed by atoms with Crippen molar-refractivity contribution in [3.63, 3.8) is 0 Å². The molecule has 4 rings (SSSR count). The van der Waals surface area contributed by atoms with E-state index in [-0.39, 0.29) is 10.1 Å². The van der Waals surface area contributed by atoms with Crippen molar-refractivity contribution in [2.45, 2.75) is 49.5 Å². The molecule has 9 heteroatoms. The standard InChI is InChI=1S/C17H23BrClN5OS/c1-10(18)15-21-13-14(22-17(19)23-16(13)26-15)20-11-2-4-12(5-3-11)24-6-8-25-9-7-24/h10-12H,2-9H2,1H3,(H,20,22,23). The van der Waals surface area contributed by atoms with Crippen molar-refractivity contribution >= 4 is 55.0 Å². The summed E-state index contributed by atoms with van der Waals surface area (Å²) in [5.41, 5.74) is 0.830. The Bertz CT molecular complexity index is 759. The molecule has 1 atom stereocenters. The van der Waals surface area contributed by atoms with Crippen molar-refractivity contribution in [2.24, 2.45) is 0 Å². The monoisotopic (exact) mass is 459 g/mol. The molecule has 26 heavy (non-hydrogen) atoms. The van der Waals surface area contributed by atoms with E-state index in [4.69, 9.17) is 21.3 Å². The van der Waals surface area contributed by atoms with Gasteiger partial charge in [-0.25, -0.2) is 9.97 Å². The number of thiazole rings is 1. The van der Waals surface area contributed by atoms with E-state index in [1.165, 1.54) is 12.8 Å². The van der Waals surface area contributed by atoms with Crippen molar-refractivity contribution in [1.29, 1.82) is 0 Å². The zero-order valence-corrected chi connectivity index (χ0v) is 17.9. The number of anilines is 1. The highest BCUT2D eigenvalue weighted by Crippen LogP contribution is 2.34. The minimum Gasteiger partial charge on any atom is -0.379 e. The fourth-order valence-corrected chi connectivity index (χ4v) is 5.27. The Balaban J connectivity index is 1.44. The van der Waals surface area contributed by atoms with Gasteiger partial charge in [0.2, 0.25) is 5.28 Å². The minimum atomic E-state index is 0.192. The topological polar surface area (TPSA) is 63.2 Å². The quantitative estimate of drug-likeness (QED) is 0.543. The highest BCUT2D eigenvalue weighted by atomic mass is 79.9. The Kier molecular flexibility index (Phi) is 5.95. The van der Waals surface area contributed by atoms with E-state index >= 15 is 0 Å². The van der Waals surface area contributed by atoms with Crippen molar-refractivity contribution in [3.8, 4) is 0 Å². The highest BCUT2D eigenvalue weighted by molar-refractivity contribution is 9.09. The van der Waals surface area contributed by atoms with Gasteiger partial charge in [0, 0.05) is 25.2 Å². The van der Waals surface area contributed by atoms with Crippen LogP contribution >= 0.6 is 38.9 Å². The lowest BCUT2D eigenvalue weighted by Crippen LogP contribution is -2.46. The van der Waals surface area contributed by atoms with E-state index in [1.807, 2.05) is 0 Å². The zero-order chi connectivity index (χ0) is 18.1. The van der Waals surface area contributed by atoms with Crippen LogP contribution in [-0.4, -0.2) is 58.2 Å². The number of nitrogens with zero attached hydrogens (tertiary/aromatic N) is 4. The van der Waals surface area contributed by atoms with Crippen LogP contribution in [0.1, 0.15) is 42.4 Å². The third-order valence-electron chi connectivity index (χ3n) is 5.19. The number of ether oxygens (including phenoxy) is 1. The molecular formula is C17H23BrClN5OS. The molecule has 0 amide bonds. The van der Waals surface area contributed by atoms with Crippen molar-refractivity contribution < 1.29 is 4.74 Å². The first-order valence-corrected chi connectivity index (χ1v) is 11.3. The maximum absolute atomic E-state index is 6.14. The predicted molar refractivity (Wildman–Crippen MR) is 110 cm³/mol. The molecule has 1 saturated carbocycles. The molecule has 1 aliphatic heterocycles. The molecule has 1 aliphatic carbocycles. The summed E-state index contributed by atoms with van der Waals surface area (Å²) in [4.78, 5) is 17.1. The van der Waals surface area contributed by atoms with Crippen LogP contribution in [0.5, 0.6) is 0 Å². The van der Waals surface area contributed by atoms with E-state index in [0.29, 0.717) is 12.1 Å². The molecule has 2 fully saturated rings. The first kappa shape index (κ1) is 18.8. The fourth-order valence-electron chi connectivity index (χ4n) is 3.80. The fraction of sp³-hybridized carbons (Fsp3) is 0.706. The number of alkyl halides is 1. The van der Waals surface area contributed by atoms with Gasteiger partial charge in [0.1, 0.15) is 10.5 Å². The van der Waals surface area contributed by atoms with Crippen LogP contribution in [0, 0.1) is 0 Å². The van der Waals surface area contributed by atoms with E-state index < -0.39 is 0 Å². The van der Waals surface area contributed by atoms with Crippen LogP contribution in [-0.2, 0) is 4.74 Å². The summed E-state index contributed by atoms with van der Waals surface area (Å²) in [7, 11) is 0. The number of hydrogen-bond donors (Lipinski definition) is 1. The Labute approximate surface area is 170 Å².